The molecule has 9 heteroatoms. The number of rotatable bonds is 11. The van der Waals surface area contributed by atoms with Gasteiger partial charge >= 0.3 is 0 Å². The van der Waals surface area contributed by atoms with Gasteiger partial charge in [0.2, 0.25) is 11.8 Å². The molecule has 0 unspecified atom stereocenters. The second-order valence-electron chi connectivity index (χ2n) is 13.7. The second kappa shape index (κ2) is 23.1. The van der Waals surface area contributed by atoms with Crippen molar-refractivity contribution in [2.45, 2.75) is 54.4 Å². The van der Waals surface area contributed by atoms with Crippen molar-refractivity contribution in [1.82, 2.24) is 10.6 Å². The summed E-state index contributed by atoms with van der Waals surface area (Å²) >= 11 is 0. The Labute approximate surface area is 341 Å². The molecule has 6 aromatic carbocycles. The van der Waals surface area contributed by atoms with Crippen LogP contribution in [0.25, 0.3) is 33.4 Å². The number of hydrogen-bond acceptors (Lipinski definition) is 4. The van der Waals surface area contributed by atoms with Crippen molar-refractivity contribution in [3.05, 3.63) is 173 Å². The Hall–Kier alpha value is -6.19. The average Bonchev–Trinajstić information content (AvgIpc) is 3.17. The summed E-state index contributed by atoms with van der Waals surface area (Å²) in [6, 6.07) is 36.8. The molecule has 0 aliphatic rings. The molecule has 0 aliphatic carbocycles. The van der Waals surface area contributed by atoms with Gasteiger partial charge in [-0.25, -0.2) is 13.2 Å². The SMILES string of the molecule is C.CC(=O)NCCc1ccc(C)cc1-c1cccc(F)c1.CC(=O)NCCc1ccc(O)cc1-c1cccc(F)c1.Cc1ccc(CCN)c(-c2cccc(F)c2)c1. The van der Waals surface area contributed by atoms with Crippen LogP contribution in [0.2, 0.25) is 0 Å². The van der Waals surface area contributed by atoms with Crippen LogP contribution in [0.5, 0.6) is 5.75 Å². The van der Waals surface area contributed by atoms with E-state index < -0.39 is 0 Å². The van der Waals surface area contributed by atoms with Gasteiger partial charge < -0.3 is 21.5 Å². The predicted octanol–water partition coefficient (Wildman–Crippen LogP) is 10.3. The van der Waals surface area contributed by atoms with Gasteiger partial charge in [0.25, 0.3) is 0 Å². The molecule has 58 heavy (non-hydrogen) atoms. The van der Waals surface area contributed by atoms with Gasteiger partial charge in [0.15, 0.2) is 0 Å². The molecule has 304 valence electrons. The van der Waals surface area contributed by atoms with E-state index in [0.29, 0.717) is 31.6 Å². The molecule has 0 aliphatic heterocycles. The number of carbonyl (C=O) groups excluding carboxylic acids is 2. The molecular formula is C49H54F3N3O3. The lowest BCUT2D eigenvalue weighted by Gasteiger charge is -2.11. The molecule has 0 spiro atoms. The van der Waals surface area contributed by atoms with E-state index in [2.05, 4.69) is 34.9 Å². The summed E-state index contributed by atoms with van der Waals surface area (Å²) in [6.07, 6.45) is 2.16. The van der Waals surface area contributed by atoms with Crippen LogP contribution in [-0.4, -0.2) is 36.6 Å². The molecule has 6 nitrogen and oxygen atoms in total. The zero-order valence-electron chi connectivity index (χ0n) is 32.8. The normalized spacial score (nSPS) is 10.2. The number of aromatic hydroxyl groups is 1. The average molecular weight is 790 g/mol. The molecule has 0 saturated heterocycles. The molecule has 0 aromatic heterocycles. The predicted molar refractivity (Wildman–Crippen MR) is 231 cm³/mol. The van der Waals surface area contributed by atoms with Gasteiger partial charge in [-0.15, -0.1) is 0 Å². The lowest BCUT2D eigenvalue weighted by molar-refractivity contribution is -0.119. The number of nitrogens with one attached hydrogen (secondary N) is 2. The van der Waals surface area contributed by atoms with Gasteiger partial charge in [-0.05, 0) is 138 Å². The van der Waals surface area contributed by atoms with Crippen molar-refractivity contribution >= 4 is 11.8 Å². The summed E-state index contributed by atoms with van der Waals surface area (Å²) in [4.78, 5) is 21.8. The van der Waals surface area contributed by atoms with Crippen LogP contribution in [0.1, 0.15) is 49.1 Å². The number of phenolic OH excluding ortho intramolecular Hbond substituents is 1. The molecule has 0 heterocycles. The third-order valence-electron chi connectivity index (χ3n) is 8.98. The maximum absolute atomic E-state index is 13.4. The number of amides is 2. The topological polar surface area (TPSA) is 104 Å². The highest BCUT2D eigenvalue weighted by atomic mass is 19.1. The number of benzene rings is 6. The third-order valence-corrected chi connectivity index (χ3v) is 8.98. The standard InChI is InChI=1S/C17H18FNO.C16H16FNO2.C15H16FN.CH4/c1-12-6-7-14(8-9-19-13(2)20)17(10-12)15-4-3-5-16(18)11-15;1-11(19)18-8-7-12-5-6-15(20)10-16(12)13-3-2-4-14(17)9-13;1-11-5-6-12(7-8-17)15(9-11)13-3-2-4-14(16)10-13;/h3-7,10-11H,8-9H2,1-2H3,(H,19,20);2-6,9-10,20H,7-8H2,1H3,(H,18,19);2-6,9-10H,7-8,17H2,1H3;1H4. The number of aryl methyl sites for hydroxylation is 2. The molecule has 0 atom stereocenters. The molecule has 0 radical (unpaired) electrons. The van der Waals surface area contributed by atoms with Gasteiger partial charge in [-0.2, -0.15) is 0 Å². The highest BCUT2D eigenvalue weighted by Crippen LogP contribution is 2.29. The Balaban J connectivity index is 0.000000232. The van der Waals surface area contributed by atoms with Crippen molar-refractivity contribution in [2.75, 3.05) is 19.6 Å². The summed E-state index contributed by atoms with van der Waals surface area (Å²) in [5, 5.41) is 15.1. The fourth-order valence-corrected chi connectivity index (χ4v) is 6.28. The minimum absolute atomic E-state index is 0. The number of carbonyl (C=O) groups is 2. The molecule has 6 rings (SSSR count). The molecule has 0 bridgehead atoms. The van der Waals surface area contributed by atoms with E-state index in [1.165, 1.54) is 55.3 Å². The minimum atomic E-state index is -0.321. The Morgan fingerprint density at radius 2 is 0.897 bits per heavy atom. The Bertz CT molecular complexity index is 2160. The maximum Gasteiger partial charge on any atom is 0.216 e. The summed E-state index contributed by atoms with van der Waals surface area (Å²) in [5.74, 6) is -0.758. The summed E-state index contributed by atoms with van der Waals surface area (Å²) in [5.41, 5.74) is 16.5. The van der Waals surface area contributed by atoms with Crippen molar-refractivity contribution < 1.29 is 27.9 Å². The first-order chi connectivity index (χ1) is 27.3. The lowest BCUT2D eigenvalue weighted by atomic mass is 9.95. The Morgan fingerprint density at radius 3 is 1.26 bits per heavy atom. The van der Waals surface area contributed by atoms with Gasteiger partial charge in [0.05, 0.1) is 0 Å². The van der Waals surface area contributed by atoms with Crippen molar-refractivity contribution in [2.24, 2.45) is 5.73 Å². The fourth-order valence-electron chi connectivity index (χ4n) is 6.28. The number of halogens is 3. The van der Waals surface area contributed by atoms with Crippen molar-refractivity contribution in [1.29, 1.82) is 0 Å². The minimum Gasteiger partial charge on any atom is -0.508 e. The Kier molecular flexibility index (Phi) is 18.4. The van der Waals surface area contributed by atoms with Crippen LogP contribution in [0.4, 0.5) is 13.2 Å². The quantitative estimate of drug-likeness (QED) is 0.105. The van der Waals surface area contributed by atoms with E-state index in [9.17, 15) is 27.9 Å². The van der Waals surface area contributed by atoms with E-state index in [4.69, 9.17) is 5.73 Å². The molecule has 0 fully saturated rings. The zero-order valence-corrected chi connectivity index (χ0v) is 32.8. The zero-order chi connectivity index (χ0) is 41.3. The van der Waals surface area contributed by atoms with Crippen molar-refractivity contribution in [3.63, 3.8) is 0 Å². The number of phenols is 1. The Morgan fingerprint density at radius 1 is 0.534 bits per heavy atom. The van der Waals surface area contributed by atoms with E-state index in [1.54, 1.807) is 48.5 Å². The first kappa shape index (κ1) is 46.2. The second-order valence-corrected chi connectivity index (χ2v) is 13.7. The summed E-state index contributed by atoms with van der Waals surface area (Å²) in [6.45, 7) is 8.71. The van der Waals surface area contributed by atoms with E-state index in [0.717, 1.165) is 57.3 Å². The van der Waals surface area contributed by atoms with Gasteiger partial charge in [-0.1, -0.05) is 97.4 Å². The van der Waals surface area contributed by atoms with E-state index in [-0.39, 0.29) is 42.4 Å². The summed E-state index contributed by atoms with van der Waals surface area (Å²) < 4.78 is 40.0. The van der Waals surface area contributed by atoms with E-state index in [1.807, 2.05) is 38.1 Å². The molecule has 5 N–H and O–H groups in total. The number of hydrogen-bond donors (Lipinski definition) is 4. The largest absolute Gasteiger partial charge is 0.508 e. The highest BCUT2D eigenvalue weighted by Gasteiger charge is 2.10. The fraction of sp³-hybridized carbons (Fsp3) is 0.224. The first-order valence-corrected chi connectivity index (χ1v) is 18.8. The van der Waals surface area contributed by atoms with Crippen LogP contribution in [0.15, 0.2) is 127 Å². The third kappa shape index (κ3) is 14.7. The first-order valence-electron chi connectivity index (χ1n) is 18.8. The van der Waals surface area contributed by atoms with Gasteiger partial charge in [0, 0.05) is 26.9 Å². The van der Waals surface area contributed by atoms with Crippen LogP contribution >= 0.6 is 0 Å². The van der Waals surface area contributed by atoms with Gasteiger partial charge in [-0.3, -0.25) is 9.59 Å². The molecular weight excluding hydrogens is 736 g/mol. The van der Waals surface area contributed by atoms with E-state index >= 15 is 0 Å². The molecule has 2 amide bonds. The molecule has 6 aromatic rings. The monoisotopic (exact) mass is 789 g/mol. The smallest absolute Gasteiger partial charge is 0.216 e. The van der Waals surface area contributed by atoms with Crippen molar-refractivity contribution in [3.8, 4) is 39.1 Å². The van der Waals surface area contributed by atoms with Crippen LogP contribution in [0, 0.1) is 31.3 Å². The molecule has 0 saturated carbocycles. The van der Waals surface area contributed by atoms with Crippen LogP contribution < -0.4 is 16.4 Å². The number of nitrogens with two attached hydrogens (primary N) is 1. The van der Waals surface area contributed by atoms with Gasteiger partial charge in [0.1, 0.15) is 23.2 Å². The highest BCUT2D eigenvalue weighted by molar-refractivity contribution is 5.74. The van der Waals surface area contributed by atoms with Crippen LogP contribution in [0.3, 0.4) is 0 Å². The maximum atomic E-state index is 13.4. The van der Waals surface area contributed by atoms with Crippen LogP contribution in [-0.2, 0) is 28.9 Å². The summed E-state index contributed by atoms with van der Waals surface area (Å²) in [7, 11) is 0. The lowest BCUT2D eigenvalue weighted by Crippen LogP contribution is -2.22.